The van der Waals surface area contributed by atoms with Crippen molar-refractivity contribution in [3.05, 3.63) is 29.3 Å². The lowest BCUT2D eigenvalue weighted by molar-refractivity contribution is 0.0173. The molecule has 2 unspecified atom stereocenters. The van der Waals surface area contributed by atoms with Gasteiger partial charge in [-0.15, -0.1) is 0 Å². The van der Waals surface area contributed by atoms with Crippen molar-refractivity contribution in [1.29, 1.82) is 0 Å². The zero-order valence-corrected chi connectivity index (χ0v) is 13.1. The lowest BCUT2D eigenvalue weighted by atomic mass is 10.0. The molecule has 21 heavy (non-hydrogen) atoms. The number of fused-ring (bicyclic) bond motifs is 1. The third kappa shape index (κ3) is 3.29. The van der Waals surface area contributed by atoms with Crippen LogP contribution in [0.2, 0.25) is 0 Å². The summed E-state index contributed by atoms with van der Waals surface area (Å²) in [7, 11) is -3.46. The molecule has 5 nitrogen and oxygen atoms in total. The first-order valence-electron chi connectivity index (χ1n) is 7.51. The quantitative estimate of drug-likeness (QED) is 0.880. The first-order chi connectivity index (χ1) is 10.1. The number of benzene rings is 1. The normalized spacial score (nSPS) is 26.3. The van der Waals surface area contributed by atoms with E-state index in [1.165, 1.54) is 0 Å². The maximum Gasteiger partial charge on any atom is 0.241 e. The highest BCUT2D eigenvalue weighted by Gasteiger charge is 2.27. The lowest BCUT2D eigenvalue weighted by Crippen LogP contribution is -2.41. The number of rotatable bonds is 3. The molecule has 0 aliphatic carbocycles. The van der Waals surface area contributed by atoms with Gasteiger partial charge in [-0.25, -0.2) is 13.1 Å². The van der Waals surface area contributed by atoms with E-state index in [1.54, 1.807) is 6.07 Å². The summed E-state index contributed by atoms with van der Waals surface area (Å²) in [5.41, 5.74) is 2.05. The molecule has 0 saturated carbocycles. The van der Waals surface area contributed by atoms with Crippen LogP contribution in [0.3, 0.4) is 0 Å². The maximum atomic E-state index is 12.7. The van der Waals surface area contributed by atoms with E-state index < -0.39 is 10.0 Å². The fourth-order valence-corrected chi connectivity index (χ4v) is 4.73. The molecule has 6 heteroatoms. The van der Waals surface area contributed by atoms with Crippen LogP contribution < -0.4 is 10.0 Å². The minimum absolute atomic E-state index is 0.0312. The Hall–Kier alpha value is -0.950. The fraction of sp³-hybridized carbons (Fsp3) is 0.600. The van der Waals surface area contributed by atoms with Crippen LogP contribution in [0, 0.1) is 0 Å². The van der Waals surface area contributed by atoms with Crippen LogP contribution in [0.15, 0.2) is 23.1 Å². The van der Waals surface area contributed by atoms with Crippen LogP contribution in [-0.2, 0) is 27.7 Å². The van der Waals surface area contributed by atoms with E-state index in [4.69, 9.17) is 4.74 Å². The van der Waals surface area contributed by atoms with Crippen LogP contribution in [-0.4, -0.2) is 33.7 Å². The molecule has 2 atom stereocenters. The van der Waals surface area contributed by atoms with Crippen molar-refractivity contribution in [3.8, 4) is 0 Å². The van der Waals surface area contributed by atoms with Gasteiger partial charge >= 0.3 is 0 Å². The Morgan fingerprint density at radius 1 is 1.38 bits per heavy atom. The molecule has 0 spiro atoms. The maximum absolute atomic E-state index is 12.7. The van der Waals surface area contributed by atoms with Crippen molar-refractivity contribution in [2.75, 3.05) is 13.2 Å². The van der Waals surface area contributed by atoms with Gasteiger partial charge in [-0.3, -0.25) is 0 Å². The number of nitrogens with one attached hydrogen (secondary N) is 2. The Bertz CT molecular complexity index is 615. The van der Waals surface area contributed by atoms with E-state index >= 15 is 0 Å². The topological polar surface area (TPSA) is 67.4 Å². The summed E-state index contributed by atoms with van der Waals surface area (Å²) in [6, 6.07) is 5.51. The number of sulfonamides is 1. The van der Waals surface area contributed by atoms with Gasteiger partial charge in [0.25, 0.3) is 0 Å². The molecule has 2 aliphatic rings. The summed E-state index contributed by atoms with van der Waals surface area (Å²) < 4.78 is 33.8. The molecule has 2 heterocycles. The summed E-state index contributed by atoms with van der Waals surface area (Å²) in [5, 5.41) is 3.28. The molecular weight excluding hydrogens is 288 g/mol. The van der Waals surface area contributed by atoms with Crippen LogP contribution in [0.4, 0.5) is 0 Å². The Balaban J connectivity index is 1.85. The average molecular weight is 310 g/mol. The highest BCUT2D eigenvalue weighted by molar-refractivity contribution is 7.89. The molecule has 116 valence electrons. The van der Waals surface area contributed by atoms with Gasteiger partial charge in [0.05, 0.1) is 11.0 Å². The summed E-state index contributed by atoms with van der Waals surface area (Å²) >= 11 is 0. The third-order valence-corrected chi connectivity index (χ3v) is 5.80. The largest absolute Gasteiger partial charge is 0.378 e. The second kappa shape index (κ2) is 6.04. The second-order valence-electron chi connectivity index (χ2n) is 5.84. The molecule has 2 aliphatic heterocycles. The van der Waals surface area contributed by atoms with E-state index in [9.17, 15) is 8.42 Å². The van der Waals surface area contributed by atoms with Crippen LogP contribution in [0.25, 0.3) is 0 Å². The predicted octanol–water partition coefficient (Wildman–Crippen LogP) is 1.18. The van der Waals surface area contributed by atoms with E-state index in [-0.39, 0.29) is 12.1 Å². The molecule has 0 aromatic heterocycles. The lowest BCUT2D eigenvalue weighted by Gasteiger charge is -2.28. The van der Waals surface area contributed by atoms with Crippen molar-refractivity contribution in [2.45, 2.75) is 49.8 Å². The fourth-order valence-electron chi connectivity index (χ4n) is 3.14. The van der Waals surface area contributed by atoms with Crippen LogP contribution >= 0.6 is 0 Å². The molecule has 0 amide bonds. The minimum atomic E-state index is -3.46. The zero-order valence-electron chi connectivity index (χ0n) is 12.3. The van der Waals surface area contributed by atoms with Crippen LogP contribution in [0.1, 0.15) is 30.9 Å². The number of hydrogen-bond donors (Lipinski definition) is 2. The van der Waals surface area contributed by atoms with Crippen molar-refractivity contribution in [3.63, 3.8) is 0 Å². The highest BCUT2D eigenvalue weighted by atomic mass is 32.2. The predicted molar refractivity (Wildman–Crippen MR) is 80.6 cm³/mol. The van der Waals surface area contributed by atoms with Crippen molar-refractivity contribution >= 4 is 10.0 Å². The smallest absolute Gasteiger partial charge is 0.241 e. The standard InChI is InChI=1S/C15H22N2O3S/c1-11-9-13(6-8-20-11)17-21(18,19)15-4-2-3-12-10-16-7-5-14(12)15/h2-4,11,13,16-17H,5-10H2,1H3. The van der Waals surface area contributed by atoms with Gasteiger partial charge in [0, 0.05) is 19.2 Å². The molecule has 3 rings (SSSR count). The van der Waals surface area contributed by atoms with E-state index in [1.807, 2.05) is 19.1 Å². The molecule has 2 N–H and O–H groups in total. The van der Waals surface area contributed by atoms with Gasteiger partial charge in [0.15, 0.2) is 0 Å². The highest BCUT2D eigenvalue weighted by Crippen LogP contribution is 2.24. The Morgan fingerprint density at radius 3 is 3.05 bits per heavy atom. The SMILES string of the molecule is CC1CC(NS(=O)(=O)c2cccc3c2CCNC3)CCO1. The van der Waals surface area contributed by atoms with E-state index in [0.717, 1.165) is 43.5 Å². The van der Waals surface area contributed by atoms with Gasteiger partial charge in [-0.2, -0.15) is 0 Å². The van der Waals surface area contributed by atoms with E-state index in [0.29, 0.717) is 11.5 Å². The average Bonchev–Trinajstić information content (AvgIpc) is 2.46. The third-order valence-electron chi connectivity index (χ3n) is 4.19. The summed E-state index contributed by atoms with van der Waals surface area (Å²) in [4.78, 5) is 0.445. The molecule has 1 fully saturated rings. The summed E-state index contributed by atoms with van der Waals surface area (Å²) in [5.74, 6) is 0. The minimum Gasteiger partial charge on any atom is -0.378 e. The Labute approximate surface area is 126 Å². The monoisotopic (exact) mass is 310 g/mol. The van der Waals surface area contributed by atoms with Crippen LogP contribution in [0.5, 0.6) is 0 Å². The molecular formula is C15H22N2O3S. The van der Waals surface area contributed by atoms with Gasteiger partial charge in [0.2, 0.25) is 10.0 Å². The van der Waals surface area contributed by atoms with Gasteiger partial charge in [-0.05, 0) is 49.9 Å². The zero-order chi connectivity index (χ0) is 14.9. The van der Waals surface area contributed by atoms with Gasteiger partial charge in [-0.1, -0.05) is 12.1 Å². The van der Waals surface area contributed by atoms with Gasteiger partial charge in [0.1, 0.15) is 0 Å². The van der Waals surface area contributed by atoms with Crippen molar-refractivity contribution in [2.24, 2.45) is 0 Å². The second-order valence-corrected chi connectivity index (χ2v) is 7.53. The summed E-state index contributed by atoms with van der Waals surface area (Å²) in [6.45, 7) is 4.17. The molecule has 1 aromatic carbocycles. The van der Waals surface area contributed by atoms with Crippen molar-refractivity contribution in [1.82, 2.24) is 10.0 Å². The van der Waals surface area contributed by atoms with E-state index in [2.05, 4.69) is 10.0 Å². The summed E-state index contributed by atoms with van der Waals surface area (Å²) in [6.07, 6.45) is 2.34. The number of ether oxygens (including phenoxy) is 1. The molecule has 0 bridgehead atoms. The molecule has 0 radical (unpaired) electrons. The molecule has 1 saturated heterocycles. The first kappa shape index (κ1) is 15.0. The van der Waals surface area contributed by atoms with Crippen molar-refractivity contribution < 1.29 is 13.2 Å². The first-order valence-corrected chi connectivity index (χ1v) is 9.00. The molecule has 1 aromatic rings. The Kier molecular flexibility index (Phi) is 4.31. The Morgan fingerprint density at radius 2 is 2.24 bits per heavy atom. The number of hydrogen-bond acceptors (Lipinski definition) is 4. The van der Waals surface area contributed by atoms with Gasteiger partial charge < -0.3 is 10.1 Å².